The van der Waals surface area contributed by atoms with E-state index in [9.17, 15) is 44.0 Å². The molecule has 3 heterocycles. The monoisotopic (exact) mass is 608 g/mol. The number of carboxylic acids is 4. The number of quaternary nitrogens is 1. The zero-order chi connectivity index (χ0) is 31.6. The van der Waals surface area contributed by atoms with E-state index in [-0.39, 0.29) is 31.9 Å². The molecule has 1 fully saturated rings. The fourth-order valence-electron chi connectivity index (χ4n) is 6.35. The van der Waals surface area contributed by atoms with Gasteiger partial charge in [0.05, 0.1) is 18.1 Å². The zero-order valence-corrected chi connectivity index (χ0v) is 23.5. The Hall–Kier alpha value is -5.08. The van der Waals surface area contributed by atoms with Crippen LogP contribution in [-0.2, 0) is 32.1 Å². The van der Waals surface area contributed by atoms with Crippen molar-refractivity contribution in [2.45, 2.75) is 19.0 Å². The fourth-order valence-corrected chi connectivity index (χ4v) is 6.35. The molecule has 2 aliphatic heterocycles. The molecular weight excluding hydrogens is 577 g/mol. The molecule has 44 heavy (non-hydrogen) atoms. The number of benzene rings is 2. The van der Waals surface area contributed by atoms with Gasteiger partial charge in [0.1, 0.15) is 24.0 Å². The lowest BCUT2D eigenvalue weighted by atomic mass is 9.85. The van der Waals surface area contributed by atoms with E-state index in [0.717, 1.165) is 10.9 Å². The molecule has 2 atom stereocenters. The summed E-state index contributed by atoms with van der Waals surface area (Å²) in [5.74, 6) is -5.80. The second-order valence-corrected chi connectivity index (χ2v) is 10.9. The van der Waals surface area contributed by atoms with E-state index in [1.54, 1.807) is 30.3 Å². The Kier molecular flexibility index (Phi) is 8.47. The summed E-state index contributed by atoms with van der Waals surface area (Å²) in [6.07, 6.45) is 1.13. The minimum atomic E-state index is -1.54. The molecular formula is C30H31FN5O8+. The molecule has 1 aromatic heterocycles. The van der Waals surface area contributed by atoms with Crippen LogP contribution < -0.4 is 4.90 Å². The number of carboxylic acid groups (broad SMARTS) is 4. The molecule has 0 spiro atoms. The number of anilines is 1. The van der Waals surface area contributed by atoms with Gasteiger partial charge >= 0.3 is 23.9 Å². The summed E-state index contributed by atoms with van der Waals surface area (Å²) in [5.41, 5.74) is 0.955. The number of H-pyrrole nitrogens is 1. The summed E-state index contributed by atoms with van der Waals surface area (Å²) in [7, 11) is 0. The standard InChI is InChI=1S/C30H30FN5O8/c31-20-5-6-21-23(14-20)32-33-28(21)35-9-7-34(8-10-35)11-12-36(25(30(43)44)16-27(39)40)17-19-4-2-1-3-18(19)13-24(36)22(29(41)42)15-26(37)38/h1-6,14-16,24H,7-13,17H2,(H4-,32,33,37,38,39,40,41,42,43,44)/p+1/b22-15-,25-16+/t24-,36?/m0/s1. The highest BCUT2D eigenvalue weighted by Crippen LogP contribution is 2.39. The average molecular weight is 609 g/mol. The quantitative estimate of drug-likeness (QED) is 0.167. The number of nitrogens with one attached hydrogen (secondary N) is 1. The highest BCUT2D eigenvalue weighted by molar-refractivity contribution is 5.96. The molecule has 14 heteroatoms. The van der Waals surface area contributed by atoms with E-state index >= 15 is 0 Å². The number of rotatable bonds is 10. The molecule has 0 bridgehead atoms. The number of piperazine rings is 1. The van der Waals surface area contributed by atoms with Gasteiger partial charge in [-0.1, -0.05) is 24.3 Å². The number of fused-ring (bicyclic) bond motifs is 2. The number of aliphatic carboxylic acids is 4. The summed E-state index contributed by atoms with van der Waals surface area (Å²) in [6, 6.07) is 10.2. The second kappa shape index (κ2) is 12.3. The van der Waals surface area contributed by atoms with Gasteiger partial charge in [0.15, 0.2) is 5.82 Å². The summed E-state index contributed by atoms with van der Waals surface area (Å²) < 4.78 is 13.0. The molecule has 13 nitrogen and oxygen atoms in total. The van der Waals surface area contributed by atoms with Crippen LogP contribution in [0.1, 0.15) is 11.1 Å². The van der Waals surface area contributed by atoms with Crippen LogP contribution in [0.25, 0.3) is 10.9 Å². The van der Waals surface area contributed by atoms with Gasteiger partial charge in [-0.3, -0.25) is 14.5 Å². The molecule has 0 saturated carbocycles. The van der Waals surface area contributed by atoms with Crippen molar-refractivity contribution in [3.05, 3.63) is 82.8 Å². The lowest BCUT2D eigenvalue weighted by Gasteiger charge is -2.48. The van der Waals surface area contributed by atoms with Crippen LogP contribution in [0.5, 0.6) is 0 Å². The SMILES string of the molecule is O=C(O)/C=C(\C(=O)O)[C@@H]1Cc2ccccc2C[N+]1(CCN1CCN(c2n[nH]c3cc(F)ccc23)CC1)/C(=C/C(=O)O)C(=O)O. The predicted octanol–water partition coefficient (Wildman–Crippen LogP) is 1.91. The minimum Gasteiger partial charge on any atom is -0.478 e. The Morgan fingerprint density at radius 3 is 2.25 bits per heavy atom. The molecule has 0 amide bonds. The predicted molar refractivity (Wildman–Crippen MR) is 154 cm³/mol. The molecule has 3 aromatic rings. The number of hydrogen-bond acceptors (Lipinski definition) is 7. The van der Waals surface area contributed by atoms with Crippen molar-refractivity contribution in [2.24, 2.45) is 0 Å². The molecule has 2 aromatic carbocycles. The molecule has 5 rings (SSSR count). The van der Waals surface area contributed by atoms with Crippen LogP contribution in [0.4, 0.5) is 10.2 Å². The van der Waals surface area contributed by atoms with Gasteiger partial charge in [-0.05, 0) is 23.8 Å². The van der Waals surface area contributed by atoms with Crippen molar-refractivity contribution in [2.75, 3.05) is 44.2 Å². The smallest absolute Gasteiger partial charge is 0.390 e. The van der Waals surface area contributed by atoms with Crippen molar-refractivity contribution in [1.29, 1.82) is 0 Å². The third-order valence-electron chi connectivity index (χ3n) is 8.42. The van der Waals surface area contributed by atoms with Gasteiger partial charge < -0.3 is 25.3 Å². The fraction of sp³-hybridized carbons (Fsp3) is 0.300. The van der Waals surface area contributed by atoms with Gasteiger partial charge in [-0.15, -0.1) is 0 Å². The van der Waals surface area contributed by atoms with E-state index in [1.807, 2.05) is 4.90 Å². The van der Waals surface area contributed by atoms with Crippen LogP contribution >= 0.6 is 0 Å². The molecule has 2 aliphatic rings. The van der Waals surface area contributed by atoms with Gasteiger partial charge in [-0.2, -0.15) is 5.10 Å². The first-order valence-corrected chi connectivity index (χ1v) is 13.9. The van der Waals surface area contributed by atoms with E-state index in [1.165, 1.54) is 12.1 Å². The number of nitrogens with zero attached hydrogens (tertiary/aromatic N) is 4. The third-order valence-corrected chi connectivity index (χ3v) is 8.42. The van der Waals surface area contributed by atoms with Crippen molar-refractivity contribution >= 4 is 40.6 Å². The Balaban J connectivity index is 1.48. The van der Waals surface area contributed by atoms with Crippen LogP contribution in [-0.4, -0.2) is 109 Å². The Bertz CT molecular complexity index is 1690. The van der Waals surface area contributed by atoms with Crippen LogP contribution in [0.3, 0.4) is 0 Å². The van der Waals surface area contributed by atoms with E-state index < -0.39 is 45.7 Å². The highest BCUT2D eigenvalue weighted by Gasteiger charge is 2.51. The maximum Gasteiger partial charge on any atom is 0.390 e. The molecule has 0 radical (unpaired) electrons. The minimum absolute atomic E-state index is 0.000729. The number of aromatic nitrogens is 2. The number of carbonyl (C=O) groups is 4. The van der Waals surface area contributed by atoms with Crippen molar-refractivity contribution < 1.29 is 48.5 Å². The Morgan fingerprint density at radius 1 is 0.932 bits per heavy atom. The molecule has 230 valence electrons. The first-order valence-electron chi connectivity index (χ1n) is 13.9. The highest BCUT2D eigenvalue weighted by atomic mass is 19.1. The van der Waals surface area contributed by atoms with Crippen molar-refractivity contribution in [3.63, 3.8) is 0 Å². The summed E-state index contributed by atoms with van der Waals surface area (Å²) in [6.45, 7) is 2.35. The van der Waals surface area contributed by atoms with Gasteiger partial charge in [-0.25, -0.2) is 23.6 Å². The number of aromatic amines is 1. The first kappa shape index (κ1) is 30.4. The largest absolute Gasteiger partial charge is 0.478 e. The van der Waals surface area contributed by atoms with Gasteiger partial charge in [0, 0.05) is 56.2 Å². The van der Waals surface area contributed by atoms with Crippen molar-refractivity contribution in [3.8, 4) is 0 Å². The molecule has 0 aliphatic carbocycles. The lowest BCUT2D eigenvalue weighted by Crippen LogP contribution is -2.63. The normalized spacial score (nSPS) is 21.2. The second-order valence-electron chi connectivity index (χ2n) is 10.9. The summed E-state index contributed by atoms with van der Waals surface area (Å²) in [4.78, 5) is 52.8. The Labute approximate surface area is 250 Å². The maximum absolute atomic E-state index is 13.6. The molecule has 1 saturated heterocycles. The molecule has 1 unspecified atom stereocenters. The van der Waals surface area contributed by atoms with E-state index in [2.05, 4.69) is 15.1 Å². The number of halogens is 1. The van der Waals surface area contributed by atoms with Crippen LogP contribution in [0, 0.1) is 5.82 Å². The van der Waals surface area contributed by atoms with Gasteiger partial charge in [0.2, 0.25) is 5.70 Å². The Morgan fingerprint density at radius 2 is 1.61 bits per heavy atom. The third kappa shape index (κ3) is 6.02. The summed E-state index contributed by atoms with van der Waals surface area (Å²) in [5, 5.41) is 47.6. The van der Waals surface area contributed by atoms with E-state index in [0.29, 0.717) is 55.2 Å². The van der Waals surface area contributed by atoms with Crippen LogP contribution in [0.2, 0.25) is 0 Å². The average Bonchev–Trinajstić information content (AvgIpc) is 3.40. The van der Waals surface area contributed by atoms with Gasteiger partial charge in [0.25, 0.3) is 0 Å². The van der Waals surface area contributed by atoms with Crippen LogP contribution in [0.15, 0.2) is 65.9 Å². The topological polar surface area (TPSA) is 184 Å². The molecule has 5 N–H and O–H groups in total. The maximum atomic E-state index is 13.6. The van der Waals surface area contributed by atoms with E-state index in [4.69, 9.17) is 0 Å². The van der Waals surface area contributed by atoms with Crippen molar-refractivity contribution in [1.82, 2.24) is 15.1 Å². The zero-order valence-electron chi connectivity index (χ0n) is 23.5. The lowest BCUT2D eigenvalue weighted by molar-refractivity contribution is -0.921. The summed E-state index contributed by atoms with van der Waals surface area (Å²) >= 11 is 0. The first-order chi connectivity index (χ1) is 21.0. The number of hydrogen-bond donors (Lipinski definition) is 5.